The second kappa shape index (κ2) is 4.44. The number of halogens is 1. The van der Waals surface area contributed by atoms with Crippen LogP contribution in [0.3, 0.4) is 0 Å². The third kappa shape index (κ3) is 2.25. The molecule has 0 spiro atoms. The van der Waals surface area contributed by atoms with Gasteiger partial charge in [0.2, 0.25) is 0 Å². The minimum atomic E-state index is -0.439. The van der Waals surface area contributed by atoms with Gasteiger partial charge in [-0.15, -0.1) is 0 Å². The molecule has 1 aromatic carbocycles. The Morgan fingerprint density at radius 2 is 2.21 bits per heavy atom. The molecule has 4 heteroatoms. The number of benzene rings is 1. The smallest absolute Gasteiger partial charge is 0.339 e. The normalized spacial score (nSPS) is 12.3. The van der Waals surface area contributed by atoms with E-state index in [2.05, 4.69) is 4.74 Å². The maximum absolute atomic E-state index is 11.2. The van der Waals surface area contributed by atoms with Gasteiger partial charge in [-0.3, -0.25) is 0 Å². The molecule has 0 amide bonds. The van der Waals surface area contributed by atoms with E-state index in [0.717, 1.165) is 5.56 Å². The molecule has 0 radical (unpaired) electrons. The number of ether oxygens (including phenoxy) is 1. The van der Waals surface area contributed by atoms with Crippen molar-refractivity contribution in [1.29, 1.82) is 0 Å². The Bertz CT molecular complexity index is 350. The first-order valence-corrected chi connectivity index (χ1v) is 4.57. The maximum atomic E-state index is 11.2. The molecular weight excluding hydrogens is 202 g/mol. The SMILES string of the molecule is COC(=O)c1ccc(C(C)N)cc1Cl. The minimum absolute atomic E-state index is 0.0980. The fraction of sp³-hybridized carbons (Fsp3) is 0.300. The van der Waals surface area contributed by atoms with Crippen LogP contribution in [0.25, 0.3) is 0 Å². The average molecular weight is 214 g/mol. The number of carbonyl (C=O) groups excluding carboxylic acids is 1. The molecule has 3 nitrogen and oxygen atoms in total. The zero-order valence-electron chi connectivity index (χ0n) is 8.08. The van der Waals surface area contributed by atoms with Crippen LogP contribution in [0, 0.1) is 0 Å². The van der Waals surface area contributed by atoms with E-state index in [9.17, 15) is 4.79 Å². The summed E-state index contributed by atoms with van der Waals surface area (Å²) in [6.45, 7) is 1.85. The molecule has 0 heterocycles. The second-order valence-corrected chi connectivity index (χ2v) is 3.43. The standard InChI is InChI=1S/C10H12ClNO2/c1-6(12)7-3-4-8(9(11)5-7)10(13)14-2/h3-6H,12H2,1-2H3. The summed E-state index contributed by atoms with van der Waals surface area (Å²) in [6, 6.07) is 4.97. The molecule has 0 aliphatic heterocycles. The molecule has 0 saturated carbocycles. The first-order valence-electron chi connectivity index (χ1n) is 4.19. The molecule has 1 unspecified atom stereocenters. The molecule has 1 rings (SSSR count). The Morgan fingerprint density at radius 3 is 2.64 bits per heavy atom. The Balaban J connectivity index is 3.07. The summed E-state index contributed by atoms with van der Waals surface area (Å²) in [5.74, 6) is -0.439. The van der Waals surface area contributed by atoms with Gasteiger partial charge in [0.15, 0.2) is 0 Å². The van der Waals surface area contributed by atoms with Gasteiger partial charge in [0.1, 0.15) is 0 Å². The van der Waals surface area contributed by atoms with E-state index in [4.69, 9.17) is 17.3 Å². The van der Waals surface area contributed by atoms with Crippen molar-refractivity contribution in [2.45, 2.75) is 13.0 Å². The fourth-order valence-corrected chi connectivity index (χ4v) is 1.36. The predicted molar refractivity (Wildman–Crippen MR) is 55.4 cm³/mol. The molecular formula is C10H12ClNO2. The van der Waals surface area contributed by atoms with Crippen molar-refractivity contribution in [2.75, 3.05) is 7.11 Å². The van der Waals surface area contributed by atoms with Crippen LogP contribution in [-0.2, 0) is 4.74 Å². The molecule has 76 valence electrons. The van der Waals surface area contributed by atoms with Crippen molar-refractivity contribution in [1.82, 2.24) is 0 Å². The van der Waals surface area contributed by atoms with Crippen LogP contribution in [0.1, 0.15) is 28.9 Å². The molecule has 0 aliphatic carbocycles. The number of nitrogens with two attached hydrogens (primary N) is 1. The quantitative estimate of drug-likeness (QED) is 0.766. The Labute approximate surface area is 87.8 Å². The second-order valence-electron chi connectivity index (χ2n) is 3.02. The van der Waals surface area contributed by atoms with Gasteiger partial charge in [-0.25, -0.2) is 4.79 Å². The van der Waals surface area contributed by atoms with Crippen LogP contribution < -0.4 is 5.73 Å². The zero-order chi connectivity index (χ0) is 10.7. The largest absolute Gasteiger partial charge is 0.465 e. The van der Waals surface area contributed by atoms with Gasteiger partial charge in [0.05, 0.1) is 17.7 Å². The number of hydrogen-bond donors (Lipinski definition) is 1. The predicted octanol–water partition coefficient (Wildman–Crippen LogP) is 2.15. The van der Waals surface area contributed by atoms with Crippen LogP contribution in [0.2, 0.25) is 5.02 Å². The monoisotopic (exact) mass is 213 g/mol. The summed E-state index contributed by atoms with van der Waals surface area (Å²) in [6.07, 6.45) is 0. The molecule has 0 aromatic heterocycles. The molecule has 1 atom stereocenters. The molecule has 2 N–H and O–H groups in total. The Hall–Kier alpha value is -1.06. The van der Waals surface area contributed by atoms with Gasteiger partial charge in [-0.1, -0.05) is 17.7 Å². The van der Waals surface area contributed by atoms with Crippen LogP contribution >= 0.6 is 11.6 Å². The van der Waals surface area contributed by atoms with Crippen LogP contribution in [-0.4, -0.2) is 13.1 Å². The minimum Gasteiger partial charge on any atom is -0.465 e. The summed E-state index contributed by atoms with van der Waals surface area (Å²) in [5, 5.41) is 0.367. The van der Waals surface area contributed by atoms with Crippen LogP contribution in [0.5, 0.6) is 0 Å². The third-order valence-corrected chi connectivity index (χ3v) is 2.24. The number of esters is 1. The van der Waals surface area contributed by atoms with E-state index in [1.165, 1.54) is 7.11 Å². The summed E-state index contributed by atoms with van der Waals surface area (Å²) >= 11 is 5.89. The van der Waals surface area contributed by atoms with E-state index in [1.54, 1.807) is 18.2 Å². The van der Waals surface area contributed by atoms with Crippen molar-refractivity contribution in [3.8, 4) is 0 Å². The third-order valence-electron chi connectivity index (χ3n) is 1.92. The Kier molecular flexibility index (Phi) is 3.49. The summed E-state index contributed by atoms with van der Waals surface area (Å²) in [5.41, 5.74) is 6.92. The van der Waals surface area contributed by atoms with Crippen LogP contribution in [0.15, 0.2) is 18.2 Å². The summed E-state index contributed by atoms with van der Waals surface area (Å²) in [4.78, 5) is 11.2. The highest BCUT2D eigenvalue weighted by molar-refractivity contribution is 6.33. The molecule has 0 saturated heterocycles. The van der Waals surface area contributed by atoms with Gasteiger partial charge < -0.3 is 10.5 Å². The van der Waals surface area contributed by atoms with E-state index in [1.807, 2.05) is 6.92 Å². The Morgan fingerprint density at radius 1 is 1.57 bits per heavy atom. The van der Waals surface area contributed by atoms with Crippen molar-refractivity contribution >= 4 is 17.6 Å². The van der Waals surface area contributed by atoms with E-state index < -0.39 is 5.97 Å². The van der Waals surface area contributed by atoms with Gasteiger partial charge in [-0.2, -0.15) is 0 Å². The summed E-state index contributed by atoms with van der Waals surface area (Å²) in [7, 11) is 1.32. The lowest BCUT2D eigenvalue weighted by atomic mass is 10.1. The average Bonchev–Trinajstić information content (AvgIpc) is 2.16. The highest BCUT2D eigenvalue weighted by atomic mass is 35.5. The van der Waals surface area contributed by atoms with Crippen LogP contribution in [0.4, 0.5) is 0 Å². The lowest BCUT2D eigenvalue weighted by molar-refractivity contribution is 0.0601. The topological polar surface area (TPSA) is 52.3 Å². The molecule has 0 bridgehead atoms. The number of methoxy groups -OCH3 is 1. The van der Waals surface area contributed by atoms with Gasteiger partial charge >= 0.3 is 5.97 Å². The lowest BCUT2D eigenvalue weighted by Gasteiger charge is -2.08. The van der Waals surface area contributed by atoms with Gasteiger partial charge in [0.25, 0.3) is 0 Å². The van der Waals surface area contributed by atoms with E-state index in [-0.39, 0.29) is 6.04 Å². The maximum Gasteiger partial charge on any atom is 0.339 e. The first kappa shape index (κ1) is 11.0. The van der Waals surface area contributed by atoms with E-state index in [0.29, 0.717) is 10.6 Å². The van der Waals surface area contributed by atoms with Crippen molar-refractivity contribution < 1.29 is 9.53 Å². The van der Waals surface area contributed by atoms with Crippen molar-refractivity contribution in [3.05, 3.63) is 34.3 Å². The first-order chi connectivity index (χ1) is 6.56. The molecule has 1 aromatic rings. The highest BCUT2D eigenvalue weighted by Crippen LogP contribution is 2.21. The van der Waals surface area contributed by atoms with E-state index >= 15 is 0 Å². The zero-order valence-corrected chi connectivity index (χ0v) is 8.84. The lowest BCUT2D eigenvalue weighted by Crippen LogP contribution is -2.07. The number of hydrogen-bond acceptors (Lipinski definition) is 3. The molecule has 14 heavy (non-hydrogen) atoms. The molecule has 0 fully saturated rings. The van der Waals surface area contributed by atoms with Crippen molar-refractivity contribution in [2.24, 2.45) is 5.73 Å². The highest BCUT2D eigenvalue weighted by Gasteiger charge is 2.11. The number of rotatable bonds is 2. The van der Waals surface area contributed by atoms with Gasteiger partial charge in [0, 0.05) is 6.04 Å². The summed E-state index contributed by atoms with van der Waals surface area (Å²) < 4.78 is 4.56. The van der Waals surface area contributed by atoms with Crippen molar-refractivity contribution in [3.63, 3.8) is 0 Å². The van der Waals surface area contributed by atoms with Gasteiger partial charge in [-0.05, 0) is 24.6 Å². The molecule has 0 aliphatic rings. The fourth-order valence-electron chi connectivity index (χ4n) is 1.09. The number of carbonyl (C=O) groups is 1.